The number of aryl methyl sites for hydroxylation is 1. The molecule has 1 atom stereocenters. The molecule has 136 valence electrons. The summed E-state index contributed by atoms with van der Waals surface area (Å²) >= 11 is 0. The number of fused-ring (bicyclic) bond motifs is 2. The Morgan fingerprint density at radius 3 is 2.85 bits per heavy atom. The smallest absolute Gasteiger partial charge is 0.180 e. The van der Waals surface area contributed by atoms with Crippen LogP contribution in [0.2, 0.25) is 0 Å². The first-order chi connectivity index (χ1) is 12.4. The van der Waals surface area contributed by atoms with Crippen molar-refractivity contribution in [2.75, 3.05) is 11.4 Å². The van der Waals surface area contributed by atoms with E-state index in [4.69, 9.17) is 5.10 Å². The molecular weight excluding hydrogens is 328 g/mol. The van der Waals surface area contributed by atoms with Crippen molar-refractivity contribution in [3.8, 4) is 0 Å². The fourth-order valence-corrected chi connectivity index (χ4v) is 3.47. The lowest BCUT2D eigenvalue weighted by atomic mass is 9.92. The standard InChI is InChI=1S/C19H24N6O/c1-5-19(4,26)15-8-14-10-24(7-6-16(14)20-9-15)18-13(3)12(2)17-22-21-11-25(17)23-18/h8-9,11,26H,5-7,10H2,1-4H3. The summed E-state index contributed by atoms with van der Waals surface area (Å²) in [6.07, 6.45) is 4.97. The Labute approximate surface area is 152 Å². The second-order valence-electron chi connectivity index (χ2n) is 7.30. The fraction of sp³-hybridized carbons (Fsp3) is 0.474. The topological polar surface area (TPSA) is 79.4 Å². The van der Waals surface area contributed by atoms with Crippen molar-refractivity contribution in [1.82, 2.24) is 24.8 Å². The lowest BCUT2D eigenvalue weighted by Crippen LogP contribution is -2.33. The average molecular weight is 352 g/mol. The highest BCUT2D eigenvalue weighted by atomic mass is 16.3. The van der Waals surface area contributed by atoms with Crippen LogP contribution in [0.25, 0.3) is 5.65 Å². The Morgan fingerprint density at radius 1 is 1.27 bits per heavy atom. The van der Waals surface area contributed by atoms with Crippen LogP contribution in [0.4, 0.5) is 5.82 Å². The van der Waals surface area contributed by atoms with Gasteiger partial charge in [0.25, 0.3) is 0 Å². The van der Waals surface area contributed by atoms with Crippen LogP contribution in [0.1, 0.15) is 48.2 Å². The van der Waals surface area contributed by atoms with Crippen molar-refractivity contribution in [2.24, 2.45) is 0 Å². The summed E-state index contributed by atoms with van der Waals surface area (Å²) in [6.45, 7) is 9.56. The third kappa shape index (κ3) is 2.63. The van der Waals surface area contributed by atoms with E-state index in [9.17, 15) is 5.11 Å². The molecule has 1 unspecified atom stereocenters. The zero-order valence-electron chi connectivity index (χ0n) is 15.7. The van der Waals surface area contributed by atoms with E-state index in [1.807, 2.05) is 20.0 Å². The van der Waals surface area contributed by atoms with Gasteiger partial charge in [0.05, 0.1) is 5.60 Å². The molecular formula is C19H24N6O. The number of anilines is 1. The number of rotatable bonds is 3. The predicted molar refractivity (Wildman–Crippen MR) is 99.1 cm³/mol. The van der Waals surface area contributed by atoms with E-state index in [2.05, 4.69) is 40.0 Å². The summed E-state index contributed by atoms with van der Waals surface area (Å²) in [7, 11) is 0. The van der Waals surface area contributed by atoms with Gasteiger partial charge in [-0.05, 0) is 38.8 Å². The van der Waals surface area contributed by atoms with E-state index in [1.54, 1.807) is 10.8 Å². The maximum Gasteiger partial charge on any atom is 0.180 e. The third-order valence-corrected chi connectivity index (χ3v) is 5.62. The molecule has 0 bridgehead atoms. The van der Waals surface area contributed by atoms with Gasteiger partial charge >= 0.3 is 0 Å². The van der Waals surface area contributed by atoms with Crippen molar-refractivity contribution < 1.29 is 5.11 Å². The van der Waals surface area contributed by atoms with E-state index in [0.717, 1.165) is 58.9 Å². The predicted octanol–water partition coefficient (Wildman–Crippen LogP) is 2.32. The molecule has 7 nitrogen and oxygen atoms in total. The first kappa shape index (κ1) is 16.9. The Kier molecular flexibility index (Phi) is 3.91. The van der Waals surface area contributed by atoms with Crippen LogP contribution in [0.3, 0.4) is 0 Å². The molecule has 1 aliphatic rings. The molecule has 7 heteroatoms. The van der Waals surface area contributed by atoms with Gasteiger partial charge in [0, 0.05) is 48.1 Å². The van der Waals surface area contributed by atoms with Crippen LogP contribution < -0.4 is 4.90 Å². The number of pyridine rings is 1. The summed E-state index contributed by atoms with van der Waals surface area (Å²) in [5.74, 6) is 0.952. The van der Waals surface area contributed by atoms with E-state index >= 15 is 0 Å². The van der Waals surface area contributed by atoms with Crippen LogP contribution in [0.15, 0.2) is 18.6 Å². The molecule has 3 aromatic heterocycles. The third-order valence-electron chi connectivity index (χ3n) is 5.62. The molecule has 0 spiro atoms. The molecule has 3 aromatic rings. The molecule has 0 saturated heterocycles. The maximum absolute atomic E-state index is 10.6. The molecule has 0 fully saturated rings. The molecule has 0 amide bonds. The number of aliphatic hydroxyl groups is 1. The lowest BCUT2D eigenvalue weighted by Gasteiger charge is -2.32. The quantitative estimate of drug-likeness (QED) is 0.779. The summed E-state index contributed by atoms with van der Waals surface area (Å²) in [6, 6.07) is 2.09. The lowest BCUT2D eigenvalue weighted by molar-refractivity contribution is 0.0526. The van der Waals surface area contributed by atoms with Crippen molar-refractivity contribution in [3.05, 3.63) is 46.5 Å². The van der Waals surface area contributed by atoms with Gasteiger partial charge in [-0.25, -0.2) is 0 Å². The minimum atomic E-state index is -0.851. The Hall–Kier alpha value is -2.54. The molecule has 0 aliphatic carbocycles. The van der Waals surface area contributed by atoms with Gasteiger partial charge in [0.2, 0.25) is 0 Å². The highest BCUT2D eigenvalue weighted by molar-refractivity contribution is 5.59. The monoisotopic (exact) mass is 352 g/mol. The van der Waals surface area contributed by atoms with Gasteiger partial charge in [-0.2, -0.15) is 4.52 Å². The van der Waals surface area contributed by atoms with Crippen molar-refractivity contribution >= 4 is 11.5 Å². The summed E-state index contributed by atoms with van der Waals surface area (Å²) < 4.78 is 1.74. The highest BCUT2D eigenvalue weighted by Crippen LogP contribution is 2.30. The largest absolute Gasteiger partial charge is 0.385 e. The highest BCUT2D eigenvalue weighted by Gasteiger charge is 2.26. The number of nitrogens with zero attached hydrogens (tertiary/aromatic N) is 6. The van der Waals surface area contributed by atoms with E-state index in [1.165, 1.54) is 0 Å². The first-order valence-corrected chi connectivity index (χ1v) is 9.03. The van der Waals surface area contributed by atoms with Crippen LogP contribution in [-0.2, 0) is 18.6 Å². The number of hydrogen-bond acceptors (Lipinski definition) is 6. The average Bonchev–Trinajstić information content (AvgIpc) is 3.12. The minimum absolute atomic E-state index is 0.654. The molecule has 4 heterocycles. The van der Waals surface area contributed by atoms with Gasteiger partial charge in [-0.15, -0.1) is 15.3 Å². The summed E-state index contributed by atoms with van der Waals surface area (Å²) in [4.78, 5) is 6.88. The molecule has 1 N–H and O–H groups in total. The van der Waals surface area contributed by atoms with E-state index in [-0.39, 0.29) is 0 Å². The molecule has 4 rings (SSSR count). The molecule has 26 heavy (non-hydrogen) atoms. The van der Waals surface area contributed by atoms with Crippen LogP contribution in [-0.4, -0.2) is 36.4 Å². The fourth-order valence-electron chi connectivity index (χ4n) is 3.47. The number of hydrogen-bond donors (Lipinski definition) is 1. The van der Waals surface area contributed by atoms with Gasteiger partial charge in [0.1, 0.15) is 6.33 Å². The zero-order valence-corrected chi connectivity index (χ0v) is 15.7. The Bertz CT molecular complexity index is 978. The van der Waals surface area contributed by atoms with Gasteiger partial charge in [-0.1, -0.05) is 6.92 Å². The SMILES string of the molecule is CCC(C)(O)c1cnc2c(c1)CN(c1nn3cnnc3c(C)c1C)CC2. The van der Waals surface area contributed by atoms with Crippen LogP contribution >= 0.6 is 0 Å². The second kappa shape index (κ2) is 6.02. The molecule has 0 radical (unpaired) electrons. The van der Waals surface area contributed by atoms with Crippen LogP contribution in [0, 0.1) is 13.8 Å². The zero-order chi connectivity index (χ0) is 18.5. The summed E-state index contributed by atoms with van der Waals surface area (Å²) in [5.41, 5.74) is 5.30. The van der Waals surface area contributed by atoms with Crippen molar-refractivity contribution in [1.29, 1.82) is 0 Å². The van der Waals surface area contributed by atoms with Crippen molar-refractivity contribution in [2.45, 2.75) is 52.7 Å². The van der Waals surface area contributed by atoms with E-state index in [0.29, 0.717) is 6.42 Å². The molecule has 0 aromatic carbocycles. The summed E-state index contributed by atoms with van der Waals surface area (Å²) in [5, 5.41) is 23.4. The van der Waals surface area contributed by atoms with Crippen LogP contribution in [0.5, 0.6) is 0 Å². The second-order valence-corrected chi connectivity index (χ2v) is 7.30. The molecule has 1 aliphatic heterocycles. The van der Waals surface area contributed by atoms with Gasteiger partial charge < -0.3 is 10.0 Å². The first-order valence-electron chi connectivity index (χ1n) is 9.03. The van der Waals surface area contributed by atoms with Crippen molar-refractivity contribution in [3.63, 3.8) is 0 Å². The minimum Gasteiger partial charge on any atom is -0.385 e. The molecule has 0 saturated carbocycles. The normalized spacial score (nSPS) is 16.6. The Balaban J connectivity index is 1.72. The van der Waals surface area contributed by atoms with E-state index < -0.39 is 5.60 Å². The maximum atomic E-state index is 10.6. The number of aromatic nitrogens is 5. The Morgan fingerprint density at radius 2 is 2.08 bits per heavy atom. The van der Waals surface area contributed by atoms with Gasteiger partial charge in [0.15, 0.2) is 11.5 Å². The van der Waals surface area contributed by atoms with Gasteiger partial charge in [-0.3, -0.25) is 4.98 Å².